The van der Waals surface area contributed by atoms with Gasteiger partial charge >= 0.3 is 0 Å². The molecule has 1 unspecified atom stereocenters. The van der Waals surface area contributed by atoms with E-state index in [1.54, 1.807) is 4.90 Å². The Balaban J connectivity index is 1.63. The molecule has 0 radical (unpaired) electrons. The molecule has 1 atom stereocenters. The molecule has 0 saturated carbocycles. The van der Waals surface area contributed by atoms with Crippen LogP contribution in [0.1, 0.15) is 34.9 Å². The first-order chi connectivity index (χ1) is 11.6. The number of aliphatic hydroxyl groups excluding tert-OH is 1. The standard InChI is InChI=1S/C19H19ClFNO2/c20-15-6-7-16(17(21)12-15)19(24)22-10-8-14(9-11-22)18(23)13-4-2-1-3-5-13/h1-7,12,14,18,23H,8-11H2. The molecule has 126 valence electrons. The Morgan fingerprint density at radius 2 is 1.83 bits per heavy atom. The Bertz CT molecular complexity index is 715. The first kappa shape index (κ1) is 16.9. The summed E-state index contributed by atoms with van der Waals surface area (Å²) in [7, 11) is 0. The molecule has 3 nitrogen and oxygen atoms in total. The number of nitrogens with zero attached hydrogens (tertiary/aromatic N) is 1. The fourth-order valence-corrected chi connectivity index (χ4v) is 3.33. The number of hydrogen-bond donors (Lipinski definition) is 1. The number of halogens is 2. The van der Waals surface area contributed by atoms with E-state index in [2.05, 4.69) is 0 Å². The van der Waals surface area contributed by atoms with Crippen LogP contribution >= 0.6 is 11.6 Å². The largest absolute Gasteiger partial charge is 0.388 e. The summed E-state index contributed by atoms with van der Waals surface area (Å²) in [5.41, 5.74) is 0.937. The zero-order valence-electron chi connectivity index (χ0n) is 13.2. The first-order valence-electron chi connectivity index (χ1n) is 8.03. The molecule has 1 aliphatic rings. The van der Waals surface area contributed by atoms with Crippen LogP contribution in [-0.4, -0.2) is 29.0 Å². The summed E-state index contributed by atoms with van der Waals surface area (Å²) in [4.78, 5) is 14.1. The fourth-order valence-electron chi connectivity index (χ4n) is 3.17. The van der Waals surface area contributed by atoms with Crippen molar-refractivity contribution in [3.63, 3.8) is 0 Å². The Morgan fingerprint density at radius 1 is 1.17 bits per heavy atom. The van der Waals surface area contributed by atoms with Gasteiger partial charge in [-0.15, -0.1) is 0 Å². The maximum Gasteiger partial charge on any atom is 0.256 e. The number of amides is 1. The normalized spacial score (nSPS) is 16.9. The molecule has 1 N–H and O–H groups in total. The summed E-state index contributed by atoms with van der Waals surface area (Å²) >= 11 is 5.73. The molecule has 5 heteroatoms. The summed E-state index contributed by atoms with van der Waals surface area (Å²) in [6, 6.07) is 13.6. The van der Waals surface area contributed by atoms with Crippen molar-refractivity contribution in [3.05, 3.63) is 70.5 Å². The molecule has 3 rings (SSSR count). The average Bonchev–Trinajstić information content (AvgIpc) is 2.61. The third kappa shape index (κ3) is 3.60. The predicted molar refractivity (Wildman–Crippen MR) is 91.4 cm³/mol. The van der Waals surface area contributed by atoms with Gasteiger partial charge in [0.25, 0.3) is 5.91 Å². The Labute approximate surface area is 145 Å². The van der Waals surface area contributed by atoms with E-state index in [9.17, 15) is 14.3 Å². The van der Waals surface area contributed by atoms with Crippen LogP contribution in [-0.2, 0) is 0 Å². The second-order valence-corrected chi connectivity index (χ2v) is 6.55. The van der Waals surface area contributed by atoms with Gasteiger partial charge in [0.1, 0.15) is 5.82 Å². The molecule has 1 amide bonds. The second kappa shape index (κ2) is 7.32. The van der Waals surface area contributed by atoms with Crippen molar-refractivity contribution in [1.29, 1.82) is 0 Å². The summed E-state index contributed by atoms with van der Waals surface area (Å²) in [5.74, 6) is -0.817. The molecule has 2 aromatic rings. The van der Waals surface area contributed by atoms with E-state index < -0.39 is 11.9 Å². The molecule has 0 aromatic heterocycles. The minimum Gasteiger partial charge on any atom is -0.388 e. The van der Waals surface area contributed by atoms with Gasteiger partial charge in [-0.2, -0.15) is 0 Å². The van der Waals surface area contributed by atoms with E-state index in [1.165, 1.54) is 12.1 Å². The third-order valence-electron chi connectivity index (χ3n) is 4.58. The lowest BCUT2D eigenvalue weighted by Crippen LogP contribution is -2.40. The summed E-state index contributed by atoms with van der Waals surface area (Å²) < 4.78 is 13.9. The number of rotatable bonds is 3. The van der Waals surface area contributed by atoms with Gasteiger partial charge in [-0.25, -0.2) is 4.39 Å². The highest BCUT2D eigenvalue weighted by atomic mass is 35.5. The van der Waals surface area contributed by atoms with Gasteiger partial charge in [-0.05, 0) is 42.5 Å². The van der Waals surface area contributed by atoms with Gasteiger partial charge < -0.3 is 10.0 Å². The molecule has 1 saturated heterocycles. The van der Waals surface area contributed by atoms with Crippen LogP contribution in [0.15, 0.2) is 48.5 Å². The lowest BCUT2D eigenvalue weighted by Gasteiger charge is -2.34. The lowest BCUT2D eigenvalue weighted by atomic mass is 9.87. The summed E-state index contributed by atoms with van der Waals surface area (Å²) in [5, 5.41) is 10.8. The quantitative estimate of drug-likeness (QED) is 0.909. The summed E-state index contributed by atoms with van der Waals surface area (Å²) in [6.45, 7) is 1.02. The van der Waals surface area contributed by atoms with Gasteiger partial charge in [0.2, 0.25) is 0 Å². The van der Waals surface area contributed by atoms with E-state index >= 15 is 0 Å². The number of piperidine rings is 1. The predicted octanol–water partition coefficient (Wildman–Crippen LogP) is 4.06. The maximum absolute atomic E-state index is 13.9. The first-order valence-corrected chi connectivity index (χ1v) is 8.41. The molecule has 0 bridgehead atoms. The number of likely N-dealkylation sites (tertiary alicyclic amines) is 1. The number of benzene rings is 2. The molecule has 24 heavy (non-hydrogen) atoms. The number of carbonyl (C=O) groups is 1. The Kier molecular flexibility index (Phi) is 5.17. The van der Waals surface area contributed by atoms with Gasteiger partial charge in [0.15, 0.2) is 0 Å². The zero-order valence-corrected chi connectivity index (χ0v) is 13.9. The van der Waals surface area contributed by atoms with Crippen molar-refractivity contribution in [2.24, 2.45) is 5.92 Å². The number of carbonyl (C=O) groups excluding carboxylic acids is 1. The Hall–Kier alpha value is -1.91. The monoisotopic (exact) mass is 347 g/mol. The van der Waals surface area contributed by atoms with E-state index in [1.807, 2.05) is 30.3 Å². The maximum atomic E-state index is 13.9. The van der Waals surface area contributed by atoms with E-state index in [0.29, 0.717) is 25.9 Å². The highest BCUT2D eigenvalue weighted by Gasteiger charge is 2.29. The van der Waals surface area contributed by atoms with Crippen LogP contribution in [0.3, 0.4) is 0 Å². The minimum absolute atomic E-state index is 0.0430. The molecule has 1 fully saturated rings. The van der Waals surface area contributed by atoms with Crippen molar-refractivity contribution >= 4 is 17.5 Å². The second-order valence-electron chi connectivity index (χ2n) is 6.11. The van der Waals surface area contributed by atoms with Crippen LogP contribution in [0.5, 0.6) is 0 Å². The third-order valence-corrected chi connectivity index (χ3v) is 4.81. The van der Waals surface area contributed by atoms with Crippen molar-refractivity contribution in [1.82, 2.24) is 4.90 Å². The minimum atomic E-state index is -0.598. The average molecular weight is 348 g/mol. The topological polar surface area (TPSA) is 40.5 Å². The van der Waals surface area contributed by atoms with Crippen LogP contribution in [0.2, 0.25) is 5.02 Å². The molecular formula is C19H19ClFNO2. The highest BCUT2D eigenvalue weighted by molar-refractivity contribution is 6.30. The van der Waals surface area contributed by atoms with Crippen LogP contribution in [0, 0.1) is 11.7 Å². The molecule has 1 aliphatic heterocycles. The number of aliphatic hydroxyl groups is 1. The van der Waals surface area contributed by atoms with E-state index in [-0.39, 0.29) is 22.4 Å². The van der Waals surface area contributed by atoms with Crippen LogP contribution in [0.25, 0.3) is 0 Å². The molecule has 1 heterocycles. The van der Waals surface area contributed by atoms with Crippen LogP contribution < -0.4 is 0 Å². The molecular weight excluding hydrogens is 329 g/mol. The van der Waals surface area contributed by atoms with Crippen molar-refractivity contribution in [3.8, 4) is 0 Å². The van der Waals surface area contributed by atoms with Crippen molar-refractivity contribution in [2.45, 2.75) is 18.9 Å². The van der Waals surface area contributed by atoms with Crippen LogP contribution in [0.4, 0.5) is 4.39 Å². The van der Waals surface area contributed by atoms with Crippen molar-refractivity contribution in [2.75, 3.05) is 13.1 Å². The molecule has 2 aromatic carbocycles. The lowest BCUT2D eigenvalue weighted by molar-refractivity contribution is 0.0459. The van der Waals surface area contributed by atoms with Gasteiger partial charge in [0, 0.05) is 18.1 Å². The van der Waals surface area contributed by atoms with E-state index in [4.69, 9.17) is 11.6 Å². The smallest absolute Gasteiger partial charge is 0.256 e. The molecule has 0 aliphatic carbocycles. The summed E-state index contributed by atoms with van der Waals surface area (Å²) in [6.07, 6.45) is 0.851. The van der Waals surface area contributed by atoms with E-state index in [0.717, 1.165) is 11.6 Å². The molecule has 0 spiro atoms. The number of hydrogen-bond acceptors (Lipinski definition) is 2. The van der Waals surface area contributed by atoms with Crippen molar-refractivity contribution < 1.29 is 14.3 Å². The van der Waals surface area contributed by atoms with Gasteiger partial charge in [0.05, 0.1) is 11.7 Å². The highest BCUT2D eigenvalue weighted by Crippen LogP contribution is 2.31. The zero-order chi connectivity index (χ0) is 17.1. The fraction of sp³-hybridized carbons (Fsp3) is 0.316. The van der Waals surface area contributed by atoms with Gasteiger partial charge in [-0.3, -0.25) is 4.79 Å². The van der Waals surface area contributed by atoms with Gasteiger partial charge in [-0.1, -0.05) is 41.9 Å². The SMILES string of the molecule is O=C(c1ccc(Cl)cc1F)N1CCC(C(O)c2ccccc2)CC1. The Morgan fingerprint density at radius 3 is 2.46 bits per heavy atom.